The topological polar surface area (TPSA) is 84.5 Å². The Balaban J connectivity index is 1.18. The molecule has 1 aliphatic rings. The van der Waals surface area contributed by atoms with Crippen LogP contribution in [-0.2, 0) is 18.3 Å². The van der Waals surface area contributed by atoms with Gasteiger partial charge in [0, 0.05) is 75.4 Å². The second kappa shape index (κ2) is 9.26. The third-order valence-electron chi connectivity index (χ3n) is 6.55. The lowest BCUT2D eigenvalue weighted by Crippen LogP contribution is -2.34. The standard InChI is InChI=1S/C27H26N8O/c1-32-18-23(16-30-32)22-7-8-24-25(17-31-35(24)19-22)33-10-9-26(36)34(12-11-33)27-28-14-21(15-29-27)13-20-5-3-2-4-6-20/h2-8,14-19H,9-13H2,1H3. The monoisotopic (exact) mass is 478 g/mol. The number of carbonyl (C=O) groups excluding carboxylic acids is 1. The van der Waals surface area contributed by atoms with Crippen molar-refractivity contribution in [2.24, 2.45) is 7.05 Å². The van der Waals surface area contributed by atoms with E-state index in [4.69, 9.17) is 0 Å². The molecule has 1 saturated heterocycles. The van der Waals surface area contributed by atoms with E-state index in [1.807, 2.05) is 66.9 Å². The highest BCUT2D eigenvalue weighted by molar-refractivity contribution is 5.92. The number of carbonyl (C=O) groups is 1. The minimum absolute atomic E-state index is 0.0312. The van der Waals surface area contributed by atoms with E-state index in [9.17, 15) is 4.79 Å². The Kier molecular flexibility index (Phi) is 5.65. The molecule has 180 valence electrons. The van der Waals surface area contributed by atoms with E-state index in [-0.39, 0.29) is 5.91 Å². The molecule has 0 atom stereocenters. The van der Waals surface area contributed by atoms with Gasteiger partial charge in [-0.05, 0) is 17.2 Å². The molecule has 0 N–H and O–H groups in total. The van der Waals surface area contributed by atoms with E-state index < -0.39 is 0 Å². The molecule has 0 spiro atoms. The van der Waals surface area contributed by atoms with Crippen LogP contribution in [0.15, 0.2) is 79.6 Å². The molecular weight excluding hydrogens is 452 g/mol. The van der Waals surface area contributed by atoms with Gasteiger partial charge in [0.15, 0.2) is 0 Å². The first-order chi connectivity index (χ1) is 17.6. The Morgan fingerprint density at radius 3 is 2.42 bits per heavy atom. The summed E-state index contributed by atoms with van der Waals surface area (Å²) >= 11 is 0. The van der Waals surface area contributed by atoms with E-state index >= 15 is 0 Å². The molecule has 0 aliphatic carbocycles. The van der Waals surface area contributed by atoms with Crippen LogP contribution in [0.1, 0.15) is 17.5 Å². The summed E-state index contributed by atoms with van der Waals surface area (Å²) in [7, 11) is 1.90. The SMILES string of the molecule is Cn1cc(-c2ccc3c(N4CCC(=O)N(c5ncc(Cc6ccccc6)cn5)CC4)cnn3c2)cn1. The predicted octanol–water partition coefficient (Wildman–Crippen LogP) is 3.36. The molecule has 1 aliphatic heterocycles. The van der Waals surface area contributed by atoms with Gasteiger partial charge >= 0.3 is 0 Å². The van der Waals surface area contributed by atoms with Crippen molar-refractivity contribution in [1.82, 2.24) is 29.4 Å². The number of nitrogens with zero attached hydrogens (tertiary/aromatic N) is 8. The summed E-state index contributed by atoms with van der Waals surface area (Å²) in [6.07, 6.45) is 12.5. The van der Waals surface area contributed by atoms with Crippen molar-refractivity contribution in [2.45, 2.75) is 12.8 Å². The average Bonchev–Trinajstić information content (AvgIpc) is 3.48. The van der Waals surface area contributed by atoms with Gasteiger partial charge in [-0.15, -0.1) is 0 Å². The van der Waals surface area contributed by atoms with Gasteiger partial charge in [-0.2, -0.15) is 10.2 Å². The Morgan fingerprint density at radius 1 is 0.806 bits per heavy atom. The lowest BCUT2D eigenvalue weighted by Gasteiger charge is -2.22. The Bertz CT molecular complexity index is 1510. The van der Waals surface area contributed by atoms with Gasteiger partial charge in [0.2, 0.25) is 11.9 Å². The summed E-state index contributed by atoms with van der Waals surface area (Å²) < 4.78 is 3.67. The van der Waals surface area contributed by atoms with Crippen molar-refractivity contribution >= 4 is 23.1 Å². The number of benzene rings is 1. The molecule has 0 unspecified atom stereocenters. The molecule has 0 saturated carbocycles. The second-order valence-electron chi connectivity index (χ2n) is 9.02. The molecule has 1 amide bonds. The summed E-state index contributed by atoms with van der Waals surface area (Å²) in [6, 6.07) is 14.4. The fourth-order valence-electron chi connectivity index (χ4n) is 4.64. The van der Waals surface area contributed by atoms with Gasteiger partial charge in [0.05, 0.1) is 23.6 Å². The number of amides is 1. The smallest absolute Gasteiger partial charge is 0.232 e. The fraction of sp³-hybridized carbons (Fsp3) is 0.222. The zero-order valence-corrected chi connectivity index (χ0v) is 20.0. The van der Waals surface area contributed by atoms with Crippen LogP contribution in [0.4, 0.5) is 11.6 Å². The Labute approximate surface area is 208 Å². The fourth-order valence-corrected chi connectivity index (χ4v) is 4.64. The van der Waals surface area contributed by atoms with Gasteiger partial charge in [-0.3, -0.25) is 14.4 Å². The van der Waals surface area contributed by atoms with Gasteiger partial charge < -0.3 is 4.90 Å². The number of rotatable bonds is 5. The highest BCUT2D eigenvalue weighted by Gasteiger charge is 2.25. The van der Waals surface area contributed by atoms with Gasteiger partial charge in [0.1, 0.15) is 0 Å². The van der Waals surface area contributed by atoms with Crippen LogP contribution in [0.25, 0.3) is 16.6 Å². The minimum atomic E-state index is 0.0312. The highest BCUT2D eigenvalue weighted by atomic mass is 16.2. The highest BCUT2D eigenvalue weighted by Crippen LogP contribution is 2.27. The van der Waals surface area contributed by atoms with Crippen LogP contribution in [-0.4, -0.2) is 54.9 Å². The van der Waals surface area contributed by atoms with Crippen LogP contribution in [0.5, 0.6) is 0 Å². The lowest BCUT2D eigenvalue weighted by molar-refractivity contribution is -0.118. The van der Waals surface area contributed by atoms with Crippen LogP contribution in [0.2, 0.25) is 0 Å². The molecule has 9 heteroatoms. The average molecular weight is 479 g/mol. The van der Waals surface area contributed by atoms with Crippen molar-refractivity contribution in [3.63, 3.8) is 0 Å². The number of aromatic nitrogens is 6. The molecule has 36 heavy (non-hydrogen) atoms. The van der Waals surface area contributed by atoms with Gasteiger partial charge in [0.25, 0.3) is 0 Å². The molecule has 4 aromatic heterocycles. The van der Waals surface area contributed by atoms with Crippen molar-refractivity contribution in [3.8, 4) is 11.1 Å². The summed E-state index contributed by atoms with van der Waals surface area (Å²) in [5.74, 6) is 0.489. The number of hydrogen-bond acceptors (Lipinski definition) is 6. The molecule has 0 bridgehead atoms. The quantitative estimate of drug-likeness (QED) is 0.385. The van der Waals surface area contributed by atoms with Crippen molar-refractivity contribution in [2.75, 3.05) is 29.4 Å². The third-order valence-corrected chi connectivity index (χ3v) is 6.55. The summed E-state index contributed by atoms with van der Waals surface area (Å²) in [5, 5.41) is 8.84. The van der Waals surface area contributed by atoms with Crippen molar-refractivity contribution in [1.29, 1.82) is 0 Å². The lowest BCUT2D eigenvalue weighted by atomic mass is 10.1. The van der Waals surface area contributed by atoms with E-state index in [0.29, 0.717) is 32.0 Å². The normalized spacial score (nSPS) is 14.4. The summed E-state index contributed by atoms with van der Waals surface area (Å²) in [5.41, 5.74) is 6.34. The molecule has 9 nitrogen and oxygen atoms in total. The number of hydrogen-bond donors (Lipinski definition) is 0. The molecular formula is C27H26N8O. The zero-order valence-electron chi connectivity index (χ0n) is 20.0. The Hall–Kier alpha value is -4.53. The van der Waals surface area contributed by atoms with Crippen LogP contribution >= 0.6 is 0 Å². The van der Waals surface area contributed by atoms with Crippen molar-refractivity contribution < 1.29 is 4.79 Å². The Morgan fingerprint density at radius 2 is 1.64 bits per heavy atom. The molecule has 5 aromatic rings. The molecule has 5 heterocycles. The van der Waals surface area contributed by atoms with Crippen LogP contribution in [0.3, 0.4) is 0 Å². The summed E-state index contributed by atoms with van der Waals surface area (Å²) in [4.78, 5) is 25.9. The number of aryl methyl sites for hydroxylation is 1. The van der Waals surface area contributed by atoms with Crippen LogP contribution < -0.4 is 9.80 Å². The van der Waals surface area contributed by atoms with E-state index in [1.165, 1.54) is 5.56 Å². The maximum absolute atomic E-state index is 13.0. The van der Waals surface area contributed by atoms with Crippen LogP contribution in [0, 0.1) is 0 Å². The summed E-state index contributed by atoms with van der Waals surface area (Å²) in [6.45, 7) is 1.81. The first-order valence-corrected chi connectivity index (χ1v) is 12.0. The first kappa shape index (κ1) is 22.0. The van der Waals surface area contributed by atoms with Gasteiger partial charge in [-0.25, -0.2) is 14.5 Å². The molecule has 1 fully saturated rings. The number of anilines is 2. The maximum Gasteiger partial charge on any atom is 0.232 e. The van der Waals surface area contributed by atoms with Gasteiger partial charge in [-0.1, -0.05) is 36.4 Å². The number of fused-ring (bicyclic) bond motifs is 1. The maximum atomic E-state index is 13.0. The second-order valence-corrected chi connectivity index (χ2v) is 9.02. The zero-order chi connectivity index (χ0) is 24.5. The molecule has 6 rings (SSSR count). The third kappa shape index (κ3) is 4.31. The van der Waals surface area contributed by atoms with E-state index in [1.54, 1.807) is 9.58 Å². The first-order valence-electron chi connectivity index (χ1n) is 12.0. The molecule has 0 radical (unpaired) electrons. The van der Waals surface area contributed by atoms with Crippen molar-refractivity contribution in [3.05, 3.63) is 90.8 Å². The molecule has 1 aromatic carbocycles. The largest absolute Gasteiger partial charge is 0.366 e. The number of pyridine rings is 1. The minimum Gasteiger partial charge on any atom is -0.366 e. The van der Waals surface area contributed by atoms with E-state index in [0.717, 1.165) is 34.3 Å². The predicted molar refractivity (Wildman–Crippen MR) is 138 cm³/mol. The van der Waals surface area contributed by atoms with E-state index in [2.05, 4.69) is 49.3 Å².